The van der Waals surface area contributed by atoms with Gasteiger partial charge in [-0.2, -0.15) is 0 Å². The van der Waals surface area contributed by atoms with Crippen molar-refractivity contribution >= 4 is 5.78 Å². The fourth-order valence-corrected chi connectivity index (χ4v) is 5.40. The summed E-state index contributed by atoms with van der Waals surface area (Å²) in [6, 6.07) is 0. The lowest BCUT2D eigenvalue weighted by Crippen LogP contribution is -2.54. The van der Waals surface area contributed by atoms with Gasteiger partial charge in [0.1, 0.15) is 0 Å². The Kier molecular flexibility index (Phi) is 3.25. The van der Waals surface area contributed by atoms with Crippen LogP contribution < -0.4 is 0 Å². The Morgan fingerprint density at radius 3 is 2.59 bits per heavy atom. The number of aliphatic hydroxyl groups excluding tert-OH is 1. The fourth-order valence-electron chi connectivity index (χ4n) is 5.40. The second-order valence-corrected chi connectivity index (χ2v) is 8.56. The summed E-state index contributed by atoms with van der Waals surface area (Å²) in [5.74, 6) is 0.477. The smallest absolute Gasteiger partial charge is 0.222 e. The van der Waals surface area contributed by atoms with Crippen LogP contribution in [-0.2, 0) is 4.79 Å². The molecule has 2 saturated carbocycles. The first-order valence-corrected chi connectivity index (χ1v) is 8.45. The van der Waals surface area contributed by atoms with Gasteiger partial charge in [0.25, 0.3) is 0 Å². The standard InChI is InChI=1S/C20H28O2/c1-6-18(3)9-10-20(5)14(12-18)7-8-19(4)13(2)17(22)15(21)11-16(19)20/h6,11,14,16,21H,1-2,7-10,12H2,3-5H3/t14-,16-,18-,19+,20-/m0/s1. The summed E-state index contributed by atoms with van der Waals surface area (Å²) in [5, 5.41) is 10.1. The van der Waals surface area contributed by atoms with Crippen LogP contribution in [-0.4, -0.2) is 10.9 Å². The summed E-state index contributed by atoms with van der Waals surface area (Å²) in [6.45, 7) is 14.9. The minimum Gasteiger partial charge on any atom is -0.504 e. The van der Waals surface area contributed by atoms with Crippen molar-refractivity contribution in [3.8, 4) is 0 Å². The quantitative estimate of drug-likeness (QED) is 0.547. The highest BCUT2D eigenvalue weighted by molar-refractivity contribution is 6.08. The SMILES string of the molecule is C=C[C@@]1(C)CC[C@@]2(C)[C@@H](CC[C@]3(C)C(=C)C(=O)C(O)=C[C@H]23)C1. The Bertz CT molecular complexity index is 587. The highest BCUT2D eigenvalue weighted by Gasteiger charge is 2.58. The number of aliphatic hydroxyl groups is 1. The van der Waals surface area contributed by atoms with Crippen molar-refractivity contribution < 1.29 is 9.90 Å². The van der Waals surface area contributed by atoms with Gasteiger partial charge in [-0.25, -0.2) is 0 Å². The zero-order valence-corrected chi connectivity index (χ0v) is 14.1. The Labute approximate surface area is 134 Å². The van der Waals surface area contributed by atoms with Gasteiger partial charge in [0.2, 0.25) is 5.78 Å². The van der Waals surface area contributed by atoms with Crippen molar-refractivity contribution in [3.63, 3.8) is 0 Å². The molecule has 0 aromatic heterocycles. The van der Waals surface area contributed by atoms with E-state index in [1.54, 1.807) is 0 Å². The lowest BCUT2D eigenvalue weighted by atomic mass is 9.43. The molecule has 0 aromatic carbocycles. The molecule has 2 fully saturated rings. The molecule has 0 aliphatic heterocycles. The maximum Gasteiger partial charge on any atom is 0.222 e. The largest absolute Gasteiger partial charge is 0.504 e. The van der Waals surface area contributed by atoms with Crippen molar-refractivity contribution in [2.24, 2.45) is 28.1 Å². The Morgan fingerprint density at radius 1 is 1.27 bits per heavy atom. The van der Waals surface area contributed by atoms with Crippen LogP contribution in [0.25, 0.3) is 0 Å². The van der Waals surface area contributed by atoms with E-state index >= 15 is 0 Å². The molecule has 3 aliphatic rings. The molecule has 0 unspecified atom stereocenters. The van der Waals surface area contributed by atoms with Crippen molar-refractivity contribution in [3.05, 3.63) is 36.6 Å². The fraction of sp³-hybridized carbons (Fsp3) is 0.650. The van der Waals surface area contributed by atoms with Gasteiger partial charge in [-0.1, -0.05) is 33.4 Å². The molecule has 0 heterocycles. The van der Waals surface area contributed by atoms with Crippen molar-refractivity contribution in [1.82, 2.24) is 0 Å². The molecule has 2 heteroatoms. The molecule has 0 radical (unpaired) electrons. The Morgan fingerprint density at radius 2 is 1.95 bits per heavy atom. The van der Waals surface area contributed by atoms with Crippen LogP contribution >= 0.6 is 0 Å². The molecular weight excluding hydrogens is 272 g/mol. The highest BCUT2D eigenvalue weighted by atomic mass is 16.3. The van der Waals surface area contributed by atoms with E-state index in [-0.39, 0.29) is 33.7 Å². The van der Waals surface area contributed by atoms with Crippen molar-refractivity contribution in [1.29, 1.82) is 0 Å². The molecule has 1 N–H and O–H groups in total. The van der Waals surface area contributed by atoms with Crippen LogP contribution in [0.5, 0.6) is 0 Å². The van der Waals surface area contributed by atoms with Gasteiger partial charge in [0.05, 0.1) is 0 Å². The predicted molar refractivity (Wildman–Crippen MR) is 89.4 cm³/mol. The first-order valence-electron chi connectivity index (χ1n) is 8.45. The average molecular weight is 300 g/mol. The molecule has 3 rings (SSSR count). The molecule has 0 saturated heterocycles. The number of hydrogen-bond donors (Lipinski definition) is 1. The summed E-state index contributed by atoms with van der Waals surface area (Å²) in [4.78, 5) is 12.2. The molecule has 0 aromatic rings. The zero-order valence-electron chi connectivity index (χ0n) is 14.1. The lowest BCUT2D eigenvalue weighted by Gasteiger charge is -2.61. The van der Waals surface area contributed by atoms with Crippen molar-refractivity contribution in [2.45, 2.75) is 52.9 Å². The first kappa shape index (κ1) is 15.6. The van der Waals surface area contributed by atoms with E-state index < -0.39 is 0 Å². The van der Waals surface area contributed by atoms with Crippen molar-refractivity contribution in [2.75, 3.05) is 0 Å². The Hall–Kier alpha value is -1.31. The lowest BCUT2D eigenvalue weighted by molar-refractivity contribution is -0.121. The topological polar surface area (TPSA) is 37.3 Å². The predicted octanol–water partition coefficient (Wildman–Crippen LogP) is 4.98. The van der Waals surface area contributed by atoms with E-state index in [0.717, 1.165) is 32.1 Å². The second kappa shape index (κ2) is 4.59. The van der Waals surface area contributed by atoms with Gasteiger partial charge in [-0.15, -0.1) is 6.58 Å². The summed E-state index contributed by atoms with van der Waals surface area (Å²) in [6.07, 6.45) is 9.50. The summed E-state index contributed by atoms with van der Waals surface area (Å²) >= 11 is 0. The summed E-state index contributed by atoms with van der Waals surface area (Å²) < 4.78 is 0. The van der Waals surface area contributed by atoms with Crippen LogP contribution in [0.3, 0.4) is 0 Å². The van der Waals surface area contributed by atoms with Crippen LogP contribution in [0.15, 0.2) is 36.6 Å². The molecule has 3 aliphatic carbocycles. The van der Waals surface area contributed by atoms with Crippen LogP contribution in [0.2, 0.25) is 0 Å². The molecule has 5 atom stereocenters. The number of fused-ring (bicyclic) bond motifs is 3. The zero-order chi connectivity index (χ0) is 16.3. The van der Waals surface area contributed by atoms with Gasteiger partial charge < -0.3 is 5.11 Å². The molecule has 0 spiro atoms. The molecule has 0 amide bonds. The second-order valence-electron chi connectivity index (χ2n) is 8.56. The van der Waals surface area contributed by atoms with Gasteiger partial charge in [0.15, 0.2) is 5.76 Å². The van der Waals surface area contributed by atoms with Crippen LogP contribution in [0.1, 0.15) is 52.9 Å². The first-order chi connectivity index (χ1) is 10.2. The molecular formula is C20H28O2. The summed E-state index contributed by atoms with van der Waals surface area (Å²) in [5.41, 5.74) is 0.767. The maximum atomic E-state index is 12.2. The third kappa shape index (κ3) is 1.89. The minimum atomic E-state index is -0.257. The number of carbonyl (C=O) groups excluding carboxylic acids is 1. The van der Waals surface area contributed by atoms with Crippen LogP contribution in [0.4, 0.5) is 0 Å². The normalized spacial score (nSPS) is 48.2. The molecule has 2 nitrogen and oxygen atoms in total. The van der Waals surface area contributed by atoms with E-state index in [1.165, 1.54) is 0 Å². The number of ketones is 1. The van der Waals surface area contributed by atoms with Gasteiger partial charge in [0, 0.05) is 11.0 Å². The summed E-state index contributed by atoms with van der Waals surface area (Å²) in [7, 11) is 0. The van der Waals surface area contributed by atoms with E-state index in [4.69, 9.17) is 0 Å². The third-order valence-electron chi connectivity index (χ3n) is 7.30. The maximum absolute atomic E-state index is 12.2. The van der Waals surface area contributed by atoms with E-state index in [0.29, 0.717) is 11.5 Å². The van der Waals surface area contributed by atoms with E-state index in [9.17, 15) is 9.90 Å². The van der Waals surface area contributed by atoms with E-state index in [1.807, 2.05) is 6.08 Å². The number of allylic oxidation sites excluding steroid dienone is 3. The van der Waals surface area contributed by atoms with Gasteiger partial charge >= 0.3 is 0 Å². The van der Waals surface area contributed by atoms with Gasteiger partial charge in [-0.3, -0.25) is 4.79 Å². The number of hydrogen-bond acceptors (Lipinski definition) is 2. The molecule has 120 valence electrons. The molecule has 22 heavy (non-hydrogen) atoms. The third-order valence-corrected chi connectivity index (χ3v) is 7.30. The Balaban J connectivity index is 2.04. The average Bonchev–Trinajstić information content (AvgIpc) is 2.49. The monoisotopic (exact) mass is 300 g/mol. The van der Waals surface area contributed by atoms with E-state index in [2.05, 4.69) is 40.0 Å². The van der Waals surface area contributed by atoms with Gasteiger partial charge in [-0.05, 0) is 60.8 Å². The van der Waals surface area contributed by atoms with Crippen LogP contribution in [0, 0.1) is 28.1 Å². The minimum absolute atomic E-state index is 0.0913. The number of rotatable bonds is 1. The molecule has 0 bridgehead atoms. The highest BCUT2D eigenvalue weighted by Crippen LogP contribution is 2.65. The number of Topliss-reactive ketones (excluding diaryl/α,β-unsaturated/α-hetero) is 1. The number of carbonyl (C=O) groups is 1.